The molecule has 2 aromatic rings. The van der Waals surface area contributed by atoms with Crippen molar-refractivity contribution in [2.45, 2.75) is 60.4 Å². The van der Waals surface area contributed by atoms with Crippen LogP contribution in [-0.2, 0) is 14.4 Å². The van der Waals surface area contributed by atoms with Gasteiger partial charge >= 0.3 is 0 Å². The number of methoxy groups -OCH3 is 1. The zero-order valence-electron chi connectivity index (χ0n) is 23.0. The molecule has 3 amide bonds. The van der Waals surface area contributed by atoms with Crippen LogP contribution in [0.5, 0.6) is 5.75 Å². The Morgan fingerprint density at radius 1 is 1.19 bits per heavy atom. The van der Waals surface area contributed by atoms with Crippen molar-refractivity contribution in [1.29, 1.82) is 0 Å². The van der Waals surface area contributed by atoms with Crippen molar-refractivity contribution >= 4 is 34.4 Å². The maximum atomic E-state index is 12.4. The Labute approximate surface area is 218 Å². The smallest absolute Gasteiger partial charge is 0.268 e. The molecule has 2 heterocycles. The lowest BCUT2D eigenvalue weighted by atomic mass is 9.96. The molecule has 0 unspecified atom stereocenters. The number of Topliss-reactive ketones (excluding diaryl/α,β-unsaturated/α-hetero) is 1. The van der Waals surface area contributed by atoms with E-state index in [1.54, 1.807) is 24.3 Å². The van der Waals surface area contributed by atoms with E-state index in [1.165, 1.54) is 7.11 Å². The number of benzene rings is 1. The monoisotopic (exact) mass is 518 g/mol. The maximum absolute atomic E-state index is 12.4. The van der Waals surface area contributed by atoms with Gasteiger partial charge in [-0.1, -0.05) is 47.6 Å². The van der Waals surface area contributed by atoms with E-state index in [2.05, 4.69) is 48.6 Å². The van der Waals surface area contributed by atoms with E-state index >= 15 is 0 Å². The molecule has 0 spiro atoms. The van der Waals surface area contributed by atoms with E-state index in [0.29, 0.717) is 29.6 Å². The number of H-pyrrole nitrogens is 1. The molecule has 3 rings (SSSR count). The summed E-state index contributed by atoms with van der Waals surface area (Å²) in [6.45, 7) is 12.2. The summed E-state index contributed by atoms with van der Waals surface area (Å²) in [5.74, 6) is -1.64. The summed E-state index contributed by atoms with van der Waals surface area (Å²) in [7, 11) is 1.53. The summed E-state index contributed by atoms with van der Waals surface area (Å²) in [5.41, 5.74) is 1.47. The van der Waals surface area contributed by atoms with Crippen LogP contribution in [0, 0.1) is 11.3 Å². The first kappa shape index (κ1) is 31.6. The molecule has 10 nitrogen and oxygen atoms in total. The summed E-state index contributed by atoms with van der Waals surface area (Å²) in [5, 5.41) is 17.5. The molecule has 5 N–H and O–H groups in total. The number of hydrogen-bond acceptors (Lipinski definition) is 6. The fraction of sp³-hybridized carbons (Fsp3) is 0.556. The molecular formula is C27H42N4O6. The molecule has 0 radical (unpaired) electrons. The van der Waals surface area contributed by atoms with Crippen LogP contribution < -0.4 is 20.7 Å². The minimum absolute atomic E-state index is 0.104. The summed E-state index contributed by atoms with van der Waals surface area (Å²) in [6.07, 6.45) is 0.664. The summed E-state index contributed by atoms with van der Waals surface area (Å²) in [4.78, 5) is 51.3. The number of rotatable bonds is 9. The molecule has 1 aromatic carbocycles. The second kappa shape index (κ2) is 15.0. The zero-order valence-corrected chi connectivity index (χ0v) is 23.0. The second-order valence-electron chi connectivity index (χ2n) is 10.0. The third kappa shape index (κ3) is 10.6. The first-order valence-electron chi connectivity index (χ1n) is 12.6. The highest BCUT2D eigenvalue weighted by molar-refractivity contribution is 6.01. The number of fused-ring (bicyclic) bond motifs is 1. The van der Waals surface area contributed by atoms with Crippen LogP contribution >= 0.6 is 0 Å². The predicted octanol–water partition coefficient (Wildman–Crippen LogP) is 2.56. The molecule has 1 aliphatic heterocycles. The average Bonchev–Trinajstić information content (AvgIpc) is 3.47. The molecule has 2 atom stereocenters. The highest BCUT2D eigenvalue weighted by atomic mass is 16.5. The largest absolute Gasteiger partial charge is 0.496 e. The van der Waals surface area contributed by atoms with Gasteiger partial charge in [0.15, 0.2) is 5.78 Å². The number of aromatic amines is 1. The normalized spacial score (nSPS) is 15.4. The Hall–Kier alpha value is -3.40. The molecule has 0 bridgehead atoms. The molecule has 0 aliphatic carbocycles. The van der Waals surface area contributed by atoms with Gasteiger partial charge in [-0.3, -0.25) is 19.2 Å². The van der Waals surface area contributed by atoms with Gasteiger partial charge in [0.05, 0.1) is 19.7 Å². The number of ketones is 1. The number of carbonyl (C=O) groups is 4. The number of nitrogens with one attached hydrogen (secondary N) is 4. The highest BCUT2D eigenvalue weighted by Gasteiger charge is 2.31. The Kier molecular flexibility index (Phi) is 12.8. The van der Waals surface area contributed by atoms with Crippen LogP contribution in [0.15, 0.2) is 24.3 Å². The number of aromatic nitrogens is 1. The summed E-state index contributed by atoms with van der Waals surface area (Å²) < 4.78 is 5.26. The third-order valence-corrected chi connectivity index (χ3v) is 5.06. The van der Waals surface area contributed by atoms with Crippen molar-refractivity contribution in [3.05, 3.63) is 30.0 Å². The number of ether oxygens (including phenoxy) is 1. The topological polar surface area (TPSA) is 150 Å². The Balaban J connectivity index is 0.000000874. The quantitative estimate of drug-likeness (QED) is 0.344. The Bertz CT molecular complexity index is 1050. The molecular weight excluding hydrogens is 476 g/mol. The van der Waals surface area contributed by atoms with Crippen LogP contribution in [0.25, 0.3) is 10.9 Å². The highest BCUT2D eigenvalue weighted by Crippen LogP contribution is 2.25. The van der Waals surface area contributed by atoms with E-state index in [9.17, 15) is 19.2 Å². The Morgan fingerprint density at radius 3 is 2.38 bits per heavy atom. The van der Waals surface area contributed by atoms with Crippen molar-refractivity contribution in [3.8, 4) is 5.75 Å². The molecule has 1 saturated heterocycles. The van der Waals surface area contributed by atoms with Gasteiger partial charge in [0.2, 0.25) is 11.8 Å². The van der Waals surface area contributed by atoms with E-state index in [0.717, 1.165) is 5.39 Å². The first-order chi connectivity index (χ1) is 17.4. The number of hydrogen-bond donors (Lipinski definition) is 5. The fourth-order valence-corrected chi connectivity index (χ4v) is 3.46. The van der Waals surface area contributed by atoms with Crippen LogP contribution in [-0.4, -0.2) is 66.4 Å². The van der Waals surface area contributed by atoms with Crippen molar-refractivity contribution in [2.75, 3.05) is 26.8 Å². The molecule has 206 valence electrons. The lowest BCUT2D eigenvalue weighted by molar-refractivity contribution is -0.130. The van der Waals surface area contributed by atoms with Crippen molar-refractivity contribution < 1.29 is 29.0 Å². The SMILES string of the molecule is CC.CC(C)(C)C.COc1cccc2[nH]c(C(=O)NCC(=O)N[C@@H](C[C@@H]3CCNC3=O)C(=O)CO)cc12. The van der Waals surface area contributed by atoms with Crippen LogP contribution in [0.4, 0.5) is 0 Å². The van der Waals surface area contributed by atoms with Gasteiger partial charge in [-0.05, 0) is 36.5 Å². The maximum Gasteiger partial charge on any atom is 0.268 e. The van der Waals surface area contributed by atoms with Gasteiger partial charge in [-0.15, -0.1) is 0 Å². The molecule has 1 aliphatic rings. The van der Waals surface area contributed by atoms with Crippen LogP contribution in [0.2, 0.25) is 0 Å². The van der Waals surface area contributed by atoms with Crippen LogP contribution in [0.3, 0.4) is 0 Å². The van der Waals surface area contributed by atoms with Crippen molar-refractivity contribution in [1.82, 2.24) is 20.9 Å². The molecule has 0 saturated carbocycles. The van der Waals surface area contributed by atoms with Gasteiger partial charge in [-0.25, -0.2) is 0 Å². The first-order valence-corrected chi connectivity index (χ1v) is 12.6. The summed E-state index contributed by atoms with van der Waals surface area (Å²) in [6, 6.07) is 5.99. The predicted molar refractivity (Wildman–Crippen MR) is 143 cm³/mol. The lowest BCUT2D eigenvalue weighted by Crippen LogP contribution is -2.47. The van der Waals surface area contributed by atoms with E-state index in [1.807, 2.05) is 13.8 Å². The molecule has 1 fully saturated rings. The van der Waals surface area contributed by atoms with E-state index in [-0.39, 0.29) is 24.6 Å². The van der Waals surface area contributed by atoms with Gasteiger partial charge in [-0.2, -0.15) is 0 Å². The number of carbonyl (C=O) groups excluding carboxylic acids is 4. The second-order valence-corrected chi connectivity index (χ2v) is 10.0. The zero-order chi connectivity index (χ0) is 28.2. The number of aliphatic hydroxyl groups excluding tert-OH is 1. The van der Waals surface area contributed by atoms with E-state index < -0.39 is 36.2 Å². The standard InChI is InChI=1S/C20H24N4O6.C5H12.C2H6/c1-30-17-4-2-3-13-12(17)8-15(23-13)20(29)22-9-18(27)24-14(16(26)10-25)7-11-5-6-21-19(11)28;1-5(2,3)4;1-2/h2-4,8,11,14,23,25H,5-7,9-10H2,1H3,(H,21,28)(H,22,29)(H,24,27);1-4H3;1-2H3/t11-,14-;;/m0../s1. The minimum Gasteiger partial charge on any atom is -0.496 e. The number of aliphatic hydroxyl groups is 1. The molecule has 10 heteroatoms. The van der Waals surface area contributed by atoms with Crippen molar-refractivity contribution in [2.24, 2.45) is 11.3 Å². The minimum atomic E-state index is -0.995. The molecule has 37 heavy (non-hydrogen) atoms. The average molecular weight is 519 g/mol. The molecule has 1 aromatic heterocycles. The van der Waals surface area contributed by atoms with Gasteiger partial charge in [0, 0.05) is 23.4 Å². The van der Waals surface area contributed by atoms with Crippen molar-refractivity contribution in [3.63, 3.8) is 0 Å². The van der Waals surface area contributed by atoms with Gasteiger partial charge < -0.3 is 30.8 Å². The lowest BCUT2D eigenvalue weighted by Gasteiger charge is -2.19. The fourth-order valence-electron chi connectivity index (χ4n) is 3.46. The van der Waals surface area contributed by atoms with E-state index in [4.69, 9.17) is 9.84 Å². The number of amides is 3. The van der Waals surface area contributed by atoms with Crippen LogP contribution in [0.1, 0.15) is 64.9 Å². The Morgan fingerprint density at radius 2 is 1.84 bits per heavy atom. The third-order valence-electron chi connectivity index (χ3n) is 5.06. The van der Waals surface area contributed by atoms with Gasteiger partial charge in [0.25, 0.3) is 5.91 Å². The summed E-state index contributed by atoms with van der Waals surface area (Å²) >= 11 is 0. The van der Waals surface area contributed by atoms with Gasteiger partial charge in [0.1, 0.15) is 18.1 Å².